The van der Waals surface area contributed by atoms with Gasteiger partial charge in [-0.2, -0.15) is 0 Å². The summed E-state index contributed by atoms with van der Waals surface area (Å²) in [6, 6.07) is 4.23. The molecule has 0 aliphatic carbocycles. The first-order valence-electron chi connectivity index (χ1n) is 6.84. The summed E-state index contributed by atoms with van der Waals surface area (Å²) >= 11 is 0. The van der Waals surface area contributed by atoms with Gasteiger partial charge in [0.2, 0.25) is 0 Å². The second-order valence-corrected chi connectivity index (χ2v) is 5.06. The summed E-state index contributed by atoms with van der Waals surface area (Å²) < 4.78 is 2.10. The lowest BCUT2D eigenvalue weighted by Gasteiger charge is -2.26. The highest BCUT2D eigenvalue weighted by atomic mass is 16.2. The van der Waals surface area contributed by atoms with Gasteiger partial charge >= 0.3 is 0 Å². The molecule has 2 heterocycles. The Balaban J connectivity index is 2.06. The molecule has 4 nitrogen and oxygen atoms in total. The molecule has 0 spiro atoms. The quantitative estimate of drug-likeness (QED) is 0.806. The third-order valence-electron chi connectivity index (χ3n) is 3.52. The van der Waals surface area contributed by atoms with E-state index in [1.807, 2.05) is 25.3 Å². The monoisotopic (exact) mass is 259 g/mol. The lowest BCUT2D eigenvalue weighted by Crippen LogP contribution is -2.35. The maximum Gasteiger partial charge on any atom is 0.268 e. The van der Waals surface area contributed by atoms with Crippen molar-refractivity contribution in [2.45, 2.75) is 38.3 Å². The average Bonchev–Trinajstić information content (AvgIpc) is 2.89. The Kier molecular flexibility index (Phi) is 4.64. The van der Waals surface area contributed by atoms with Gasteiger partial charge in [0, 0.05) is 24.7 Å². The standard InChI is InChI=1S/C15H21N3O/c1-3-5-12(2)17-15(19)14-6-4-11-18(14)13-7-9-16-10-8-13/h1,4,6,11-13,16H,5,7-10H2,2H3,(H,17,19). The molecule has 19 heavy (non-hydrogen) atoms. The number of piperidine rings is 1. The topological polar surface area (TPSA) is 46.1 Å². The molecule has 1 unspecified atom stereocenters. The van der Waals surface area contributed by atoms with Gasteiger partial charge in [0.1, 0.15) is 5.69 Å². The van der Waals surface area contributed by atoms with E-state index in [4.69, 9.17) is 6.42 Å². The Bertz CT molecular complexity index is 466. The summed E-state index contributed by atoms with van der Waals surface area (Å²) in [6.07, 6.45) is 9.94. The predicted molar refractivity (Wildman–Crippen MR) is 76.0 cm³/mol. The number of aromatic nitrogens is 1. The number of hydrogen-bond donors (Lipinski definition) is 2. The van der Waals surface area contributed by atoms with Crippen LogP contribution < -0.4 is 10.6 Å². The fraction of sp³-hybridized carbons (Fsp3) is 0.533. The van der Waals surface area contributed by atoms with Crippen LogP contribution in [0.15, 0.2) is 18.3 Å². The summed E-state index contributed by atoms with van der Waals surface area (Å²) in [4.78, 5) is 12.2. The van der Waals surface area contributed by atoms with Crippen molar-refractivity contribution in [3.63, 3.8) is 0 Å². The second kappa shape index (κ2) is 6.44. The molecule has 1 aromatic heterocycles. The van der Waals surface area contributed by atoms with Crippen molar-refractivity contribution < 1.29 is 4.79 Å². The first-order chi connectivity index (χ1) is 9.22. The molecule has 0 aromatic carbocycles. The van der Waals surface area contributed by atoms with Gasteiger partial charge in [0.05, 0.1) is 0 Å². The molecule has 2 rings (SSSR count). The first-order valence-corrected chi connectivity index (χ1v) is 6.84. The first kappa shape index (κ1) is 13.7. The van der Waals surface area contributed by atoms with Crippen molar-refractivity contribution in [3.05, 3.63) is 24.0 Å². The fourth-order valence-electron chi connectivity index (χ4n) is 2.52. The number of nitrogens with zero attached hydrogens (tertiary/aromatic N) is 1. The largest absolute Gasteiger partial charge is 0.347 e. The van der Waals surface area contributed by atoms with Crippen molar-refractivity contribution in [2.75, 3.05) is 13.1 Å². The Morgan fingerprint density at radius 3 is 3.05 bits per heavy atom. The van der Waals surface area contributed by atoms with E-state index < -0.39 is 0 Å². The van der Waals surface area contributed by atoms with E-state index in [1.165, 1.54) is 0 Å². The van der Waals surface area contributed by atoms with Crippen LogP contribution in [-0.2, 0) is 0 Å². The molecule has 1 saturated heterocycles. The minimum Gasteiger partial charge on any atom is -0.347 e. The predicted octanol–water partition coefficient (Wildman–Crippen LogP) is 1.55. The number of carbonyl (C=O) groups excluding carboxylic acids is 1. The molecule has 1 aromatic rings. The zero-order valence-electron chi connectivity index (χ0n) is 11.4. The molecule has 102 valence electrons. The lowest BCUT2D eigenvalue weighted by molar-refractivity contribution is 0.0928. The van der Waals surface area contributed by atoms with Gasteiger partial charge in [-0.25, -0.2) is 0 Å². The van der Waals surface area contributed by atoms with Gasteiger partial charge in [-0.05, 0) is 45.0 Å². The SMILES string of the molecule is C#CCC(C)NC(=O)c1cccn1C1CCNCC1. The molecule has 1 aliphatic heterocycles. The normalized spacial score (nSPS) is 17.7. The van der Waals surface area contributed by atoms with E-state index in [0.717, 1.165) is 31.6 Å². The van der Waals surface area contributed by atoms with Crippen LogP contribution in [0.2, 0.25) is 0 Å². The molecule has 4 heteroatoms. The van der Waals surface area contributed by atoms with Crippen LogP contribution in [0.4, 0.5) is 0 Å². The van der Waals surface area contributed by atoms with E-state index in [0.29, 0.717) is 12.5 Å². The van der Waals surface area contributed by atoms with E-state index in [-0.39, 0.29) is 11.9 Å². The van der Waals surface area contributed by atoms with Crippen LogP contribution >= 0.6 is 0 Å². The Labute approximate surface area is 114 Å². The van der Waals surface area contributed by atoms with Gasteiger partial charge in [0.15, 0.2) is 0 Å². The van der Waals surface area contributed by atoms with Crippen LogP contribution in [0.5, 0.6) is 0 Å². The Morgan fingerprint density at radius 2 is 2.37 bits per heavy atom. The highest BCUT2D eigenvalue weighted by Gasteiger charge is 2.20. The number of rotatable bonds is 4. The molecule has 1 atom stereocenters. The summed E-state index contributed by atoms with van der Waals surface area (Å²) in [7, 11) is 0. The average molecular weight is 259 g/mol. The van der Waals surface area contributed by atoms with Gasteiger partial charge in [-0.3, -0.25) is 4.79 Å². The van der Waals surface area contributed by atoms with Crippen molar-refractivity contribution >= 4 is 5.91 Å². The van der Waals surface area contributed by atoms with Gasteiger partial charge in [-0.1, -0.05) is 0 Å². The molecule has 1 fully saturated rings. The summed E-state index contributed by atoms with van der Waals surface area (Å²) in [5.74, 6) is 2.53. The molecule has 0 saturated carbocycles. The number of hydrogen-bond acceptors (Lipinski definition) is 2. The smallest absolute Gasteiger partial charge is 0.268 e. The molecule has 1 aliphatic rings. The maximum absolute atomic E-state index is 12.2. The molecule has 0 radical (unpaired) electrons. The Hall–Kier alpha value is -1.73. The van der Waals surface area contributed by atoms with Crippen LogP contribution in [0.25, 0.3) is 0 Å². The number of terminal acetylenes is 1. The van der Waals surface area contributed by atoms with Crippen LogP contribution in [-0.4, -0.2) is 29.6 Å². The molecular weight excluding hydrogens is 238 g/mol. The molecule has 1 amide bonds. The molecule has 0 bridgehead atoms. The summed E-state index contributed by atoms with van der Waals surface area (Å²) in [6.45, 7) is 3.95. The zero-order valence-corrected chi connectivity index (χ0v) is 11.4. The highest BCUT2D eigenvalue weighted by molar-refractivity contribution is 5.93. The van der Waals surface area contributed by atoms with E-state index in [2.05, 4.69) is 21.1 Å². The van der Waals surface area contributed by atoms with Crippen LogP contribution in [0.1, 0.15) is 42.7 Å². The van der Waals surface area contributed by atoms with Crippen molar-refractivity contribution in [1.82, 2.24) is 15.2 Å². The van der Waals surface area contributed by atoms with Gasteiger partial charge in [-0.15, -0.1) is 12.3 Å². The van der Waals surface area contributed by atoms with Crippen molar-refractivity contribution in [1.29, 1.82) is 0 Å². The summed E-state index contributed by atoms with van der Waals surface area (Å²) in [5.41, 5.74) is 0.732. The minimum absolute atomic E-state index is 0.00822. The van der Waals surface area contributed by atoms with Crippen LogP contribution in [0, 0.1) is 12.3 Å². The number of amides is 1. The summed E-state index contributed by atoms with van der Waals surface area (Å²) in [5, 5.41) is 6.28. The third-order valence-corrected chi connectivity index (χ3v) is 3.52. The molecular formula is C15H21N3O. The van der Waals surface area contributed by atoms with E-state index in [9.17, 15) is 4.79 Å². The van der Waals surface area contributed by atoms with Gasteiger partial charge < -0.3 is 15.2 Å². The van der Waals surface area contributed by atoms with E-state index >= 15 is 0 Å². The maximum atomic E-state index is 12.2. The number of nitrogens with one attached hydrogen (secondary N) is 2. The van der Waals surface area contributed by atoms with Crippen molar-refractivity contribution in [2.24, 2.45) is 0 Å². The van der Waals surface area contributed by atoms with E-state index in [1.54, 1.807) is 0 Å². The van der Waals surface area contributed by atoms with Crippen LogP contribution in [0.3, 0.4) is 0 Å². The fourth-order valence-corrected chi connectivity index (χ4v) is 2.52. The molecule has 2 N–H and O–H groups in total. The second-order valence-electron chi connectivity index (χ2n) is 5.06. The van der Waals surface area contributed by atoms with Gasteiger partial charge in [0.25, 0.3) is 5.91 Å². The lowest BCUT2D eigenvalue weighted by atomic mass is 10.1. The van der Waals surface area contributed by atoms with Crippen molar-refractivity contribution in [3.8, 4) is 12.3 Å². The number of carbonyl (C=O) groups is 1. The Morgan fingerprint density at radius 1 is 1.63 bits per heavy atom. The minimum atomic E-state index is -0.0358. The third kappa shape index (κ3) is 3.39. The highest BCUT2D eigenvalue weighted by Crippen LogP contribution is 2.21. The zero-order chi connectivity index (χ0) is 13.7.